The zero-order valence-corrected chi connectivity index (χ0v) is 10.8. The highest BCUT2D eigenvalue weighted by atomic mass is 16.2. The van der Waals surface area contributed by atoms with Gasteiger partial charge in [0, 0.05) is 24.5 Å². The van der Waals surface area contributed by atoms with Gasteiger partial charge in [0.25, 0.3) is 0 Å². The molecule has 0 aromatic rings. The Labute approximate surface area is 98.6 Å². The molecule has 16 heavy (non-hydrogen) atoms. The van der Waals surface area contributed by atoms with Crippen LogP contribution in [0.5, 0.6) is 0 Å². The lowest BCUT2D eigenvalue weighted by molar-refractivity contribution is -0.142. The minimum Gasteiger partial charge on any atom is -0.342 e. The second kappa shape index (κ2) is 4.36. The highest BCUT2D eigenvalue weighted by Crippen LogP contribution is 2.29. The fourth-order valence-corrected chi connectivity index (χ4v) is 2.81. The van der Waals surface area contributed by atoms with Crippen LogP contribution in [0.4, 0.5) is 0 Å². The van der Waals surface area contributed by atoms with Crippen molar-refractivity contribution in [2.45, 2.75) is 46.1 Å². The van der Waals surface area contributed by atoms with Crippen LogP contribution in [0, 0.1) is 11.3 Å². The molecule has 3 heteroatoms. The van der Waals surface area contributed by atoms with Crippen molar-refractivity contribution < 1.29 is 4.79 Å². The van der Waals surface area contributed by atoms with Crippen molar-refractivity contribution in [1.29, 1.82) is 0 Å². The van der Waals surface area contributed by atoms with Gasteiger partial charge < -0.3 is 10.2 Å². The van der Waals surface area contributed by atoms with Crippen molar-refractivity contribution in [2.24, 2.45) is 11.3 Å². The maximum absolute atomic E-state index is 12.3. The molecule has 2 aliphatic rings. The lowest BCUT2D eigenvalue weighted by Crippen LogP contribution is -2.50. The standard InChI is InChI=1S/C13H24N2O/c1-4-13(2,3)12(16)15-8-6-11-10(9-15)5-7-14-11/h10-11,14H,4-9H2,1-3H3. The van der Waals surface area contributed by atoms with Crippen LogP contribution in [0.15, 0.2) is 0 Å². The van der Waals surface area contributed by atoms with Crippen LogP contribution in [-0.4, -0.2) is 36.5 Å². The molecule has 3 nitrogen and oxygen atoms in total. The van der Waals surface area contributed by atoms with E-state index in [-0.39, 0.29) is 5.41 Å². The molecule has 1 N–H and O–H groups in total. The van der Waals surface area contributed by atoms with Crippen molar-refractivity contribution in [3.8, 4) is 0 Å². The minimum absolute atomic E-state index is 0.182. The molecule has 2 saturated heterocycles. The van der Waals surface area contributed by atoms with Gasteiger partial charge in [-0.25, -0.2) is 0 Å². The molecule has 2 unspecified atom stereocenters. The van der Waals surface area contributed by atoms with E-state index in [2.05, 4.69) is 31.0 Å². The number of hydrogen-bond donors (Lipinski definition) is 1. The van der Waals surface area contributed by atoms with Crippen LogP contribution in [0.3, 0.4) is 0 Å². The van der Waals surface area contributed by atoms with Crippen LogP contribution >= 0.6 is 0 Å². The van der Waals surface area contributed by atoms with Gasteiger partial charge in [-0.2, -0.15) is 0 Å². The van der Waals surface area contributed by atoms with Crippen LogP contribution in [-0.2, 0) is 4.79 Å². The van der Waals surface area contributed by atoms with Gasteiger partial charge in [0.1, 0.15) is 0 Å². The quantitative estimate of drug-likeness (QED) is 0.773. The normalized spacial score (nSPS) is 30.3. The predicted octanol–water partition coefficient (Wildman–Crippen LogP) is 1.63. The van der Waals surface area contributed by atoms with Crippen molar-refractivity contribution in [2.75, 3.05) is 19.6 Å². The molecule has 2 fully saturated rings. The molecule has 0 aromatic heterocycles. The number of amides is 1. The molecule has 92 valence electrons. The summed E-state index contributed by atoms with van der Waals surface area (Å²) in [6.45, 7) is 9.27. The Bertz CT molecular complexity index is 275. The lowest BCUT2D eigenvalue weighted by Gasteiger charge is -2.38. The second-order valence-electron chi connectivity index (χ2n) is 5.89. The van der Waals surface area contributed by atoms with E-state index in [0.29, 0.717) is 17.9 Å². The fourth-order valence-electron chi connectivity index (χ4n) is 2.81. The first-order chi connectivity index (χ1) is 7.54. The highest BCUT2D eigenvalue weighted by molar-refractivity contribution is 5.82. The maximum atomic E-state index is 12.3. The largest absolute Gasteiger partial charge is 0.342 e. The van der Waals surface area contributed by atoms with Crippen LogP contribution < -0.4 is 5.32 Å². The van der Waals surface area contributed by atoms with Gasteiger partial charge in [-0.3, -0.25) is 4.79 Å². The van der Waals surface area contributed by atoms with Crippen molar-refractivity contribution >= 4 is 5.91 Å². The average molecular weight is 224 g/mol. The first-order valence-corrected chi connectivity index (χ1v) is 6.57. The summed E-state index contributed by atoms with van der Waals surface area (Å²) in [6.07, 6.45) is 3.30. The van der Waals surface area contributed by atoms with E-state index in [1.54, 1.807) is 0 Å². The van der Waals surface area contributed by atoms with Crippen LogP contribution in [0.2, 0.25) is 0 Å². The van der Waals surface area contributed by atoms with Gasteiger partial charge in [0.2, 0.25) is 5.91 Å². The monoisotopic (exact) mass is 224 g/mol. The zero-order chi connectivity index (χ0) is 11.8. The first-order valence-electron chi connectivity index (χ1n) is 6.57. The van der Waals surface area contributed by atoms with E-state index in [9.17, 15) is 4.79 Å². The molecule has 2 aliphatic heterocycles. The van der Waals surface area contributed by atoms with Gasteiger partial charge in [-0.05, 0) is 31.7 Å². The Balaban J connectivity index is 1.98. The summed E-state index contributed by atoms with van der Waals surface area (Å²) >= 11 is 0. The predicted molar refractivity (Wildman–Crippen MR) is 65.2 cm³/mol. The highest BCUT2D eigenvalue weighted by Gasteiger charge is 2.38. The van der Waals surface area contributed by atoms with Crippen LogP contribution in [0.25, 0.3) is 0 Å². The Hall–Kier alpha value is -0.570. The third-order valence-electron chi connectivity index (χ3n) is 4.41. The van der Waals surface area contributed by atoms with E-state index in [1.165, 1.54) is 6.42 Å². The number of piperidine rings is 1. The molecule has 2 heterocycles. The molecule has 2 atom stereocenters. The second-order valence-corrected chi connectivity index (χ2v) is 5.89. The Morgan fingerprint density at radius 3 is 2.88 bits per heavy atom. The number of carbonyl (C=O) groups excluding carboxylic acids is 1. The number of hydrogen-bond acceptors (Lipinski definition) is 2. The summed E-state index contributed by atoms with van der Waals surface area (Å²) in [5.41, 5.74) is -0.182. The Morgan fingerprint density at radius 2 is 2.19 bits per heavy atom. The number of nitrogens with one attached hydrogen (secondary N) is 1. The molecule has 2 rings (SSSR count). The third kappa shape index (κ3) is 2.10. The van der Waals surface area contributed by atoms with E-state index in [1.807, 2.05) is 0 Å². The van der Waals surface area contributed by atoms with Gasteiger partial charge >= 0.3 is 0 Å². The third-order valence-corrected chi connectivity index (χ3v) is 4.41. The average Bonchev–Trinajstić information content (AvgIpc) is 2.74. The molecular formula is C13H24N2O. The number of carbonyl (C=O) groups is 1. The summed E-state index contributed by atoms with van der Waals surface area (Å²) in [5.74, 6) is 1.05. The first kappa shape index (κ1) is 11.9. The number of rotatable bonds is 2. The van der Waals surface area contributed by atoms with Crippen molar-refractivity contribution in [1.82, 2.24) is 10.2 Å². The van der Waals surface area contributed by atoms with Gasteiger partial charge in [-0.1, -0.05) is 20.8 Å². The van der Waals surface area contributed by atoms with E-state index in [4.69, 9.17) is 0 Å². The summed E-state index contributed by atoms with van der Waals surface area (Å²) in [4.78, 5) is 14.4. The molecule has 0 radical (unpaired) electrons. The topological polar surface area (TPSA) is 32.3 Å². The van der Waals surface area contributed by atoms with E-state index in [0.717, 1.165) is 32.5 Å². The molecular weight excluding hydrogens is 200 g/mol. The summed E-state index contributed by atoms with van der Waals surface area (Å²) < 4.78 is 0. The SMILES string of the molecule is CCC(C)(C)C(=O)N1CCC2NCCC2C1. The molecule has 1 amide bonds. The van der Waals surface area contributed by atoms with Gasteiger partial charge in [-0.15, -0.1) is 0 Å². The number of nitrogens with zero attached hydrogens (tertiary/aromatic N) is 1. The molecule has 0 bridgehead atoms. The fraction of sp³-hybridized carbons (Fsp3) is 0.923. The van der Waals surface area contributed by atoms with Crippen LogP contribution in [0.1, 0.15) is 40.0 Å². The van der Waals surface area contributed by atoms with E-state index >= 15 is 0 Å². The Morgan fingerprint density at radius 1 is 1.44 bits per heavy atom. The van der Waals surface area contributed by atoms with Gasteiger partial charge in [0.05, 0.1) is 0 Å². The maximum Gasteiger partial charge on any atom is 0.228 e. The number of fused-ring (bicyclic) bond motifs is 1. The molecule has 0 aliphatic carbocycles. The zero-order valence-electron chi connectivity index (χ0n) is 10.8. The summed E-state index contributed by atoms with van der Waals surface area (Å²) in [7, 11) is 0. The Kier molecular flexibility index (Phi) is 3.24. The lowest BCUT2D eigenvalue weighted by atomic mass is 9.86. The minimum atomic E-state index is -0.182. The smallest absolute Gasteiger partial charge is 0.228 e. The number of likely N-dealkylation sites (tertiary alicyclic amines) is 1. The summed E-state index contributed by atoms with van der Waals surface area (Å²) in [6, 6.07) is 0.675. The van der Waals surface area contributed by atoms with Gasteiger partial charge in [0.15, 0.2) is 0 Å². The molecule has 0 aromatic carbocycles. The van der Waals surface area contributed by atoms with Crippen molar-refractivity contribution in [3.05, 3.63) is 0 Å². The molecule has 0 spiro atoms. The molecule has 0 saturated carbocycles. The van der Waals surface area contributed by atoms with Crippen molar-refractivity contribution in [3.63, 3.8) is 0 Å². The van der Waals surface area contributed by atoms with E-state index < -0.39 is 0 Å². The summed E-state index contributed by atoms with van der Waals surface area (Å²) in [5, 5.41) is 3.53.